The van der Waals surface area contributed by atoms with Crippen molar-refractivity contribution in [2.45, 2.75) is 152 Å². The molecule has 0 aliphatic rings. The monoisotopic (exact) mass is 472 g/mol. The Bertz CT molecular complexity index is 408. The second kappa shape index (κ2) is 13.9. The standard InChI is InChI=1S/C27H60O2Si2/c1-24(2,3)18-13-16-22(26(7,8)9)28-30-20-15-21-31-29-23(27(10,11)12)17-14-19-25(4,5)6/h22-23H,13-21,30-31H2,1-12H3. The lowest BCUT2D eigenvalue weighted by atomic mass is 9.83. The molecule has 0 saturated carbocycles. The minimum absolute atomic E-state index is 0.260. The van der Waals surface area contributed by atoms with E-state index in [0.717, 1.165) is 0 Å². The molecule has 0 aliphatic heterocycles. The van der Waals surface area contributed by atoms with Crippen LogP contribution in [0.1, 0.15) is 128 Å². The predicted molar refractivity (Wildman–Crippen MR) is 147 cm³/mol. The summed E-state index contributed by atoms with van der Waals surface area (Å²) in [6, 6.07) is 2.62. The van der Waals surface area contributed by atoms with Crippen molar-refractivity contribution in [1.29, 1.82) is 0 Å². The summed E-state index contributed by atoms with van der Waals surface area (Å²) in [6.45, 7) is 28.1. The van der Waals surface area contributed by atoms with E-state index in [-0.39, 0.29) is 10.8 Å². The summed E-state index contributed by atoms with van der Waals surface area (Å²) < 4.78 is 13.0. The van der Waals surface area contributed by atoms with E-state index in [1.165, 1.54) is 57.0 Å². The van der Waals surface area contributed by atoms with E-state index in [1.54, 1.807) is 0 Å². The molecule has 2 nitrogen and oxygen atoms in total. The molecular formula is C27H60O2Si2. The Hall–Kier alpha value is 0.354. The van der Waals surface area contributed by atoms with Crippen LogP contribution in [0.5, 0.6) is 0 Å². The van der Waals surface area contributed by atoms with E-state index >= 15 is 0 Å². The predicted octanol–water partition coefficient (Wildman–Crippen LogP) is 7.68. The number of rotatable bonds is 14. The topological polar surface area (TPSA) is 18.5 Å². The quantitative estimate of drug-likeness (QED) is 0.191. The van der Waals surface area contributed by atoms with Crippen molar-refractivity contribution in [3.8, 4) is 0 Å². The Morgan fingerprint density at radius 1 is 0.516 bits per heavy atom. The first-order valence-corrected chi connectivity index (χ1v) is 16.3. The van der Waals surface area contributed by atoms with Crippen LogP contribution < -0.4 is 0 Å². The van der Waals surface area contributed by atoms with Crippen LogP contribution in [0.3, 0.4) is 0 Å². The van der Waals surface area contributed by atoms with Gasteiger partial charge in [0.25, 0.3) is 0 Å². The van der Waals surface area contributed by atoms with E-state index < -0.39 is 19.5 Å². The molecule has 2 unspecified atom stereocenters. The Morgan fingerprint density at radius 3 is 1.10 bits per heavy atom. The lowest BCUT2D eigenvalue weighted by Gasteiger charge is -2.32. The summed E-state index contributed by atoms with van der Waals surface area (Å²) >= 11 is 0. The lowest BCUT2D eigenvalue weighted by molar-refractivity contribution is 0.0764. The van der Waals surface area contributed by atoms with Gasteiger partial charge < -0.3 is 8.85 Å². The van der Waals surface area contributed by atoms with Crippen molar-refractivity contribution < 1.29 is 8.85 Å². The Kier molecular flexibility index (Phi) is 14.1. The third-order valence-electron chi connectivity index (χ3n) is 6.14. The van der Waals surface area contributed by atoms with Gasteiger partial charge >= 0.3 is 0 Å². The number of hydrogen-bond acceptors (Lipinski definition) is 2. The van der Waals surface area contributed by atoms with Crippen molar-refractivity contribution in [2.24, 2.45) is 21.7 Å². The van der Waals surface area contributed by atoms with Gasteiger partial charge in [0.1, 0.15) is 0 Å². The van der Waals surface area contributed by atoms with Crippen LogP contribution in [0.15, 0.2) is 0 Å². The van der Waals surface area contributed by atoms with Gasteiger partial charge in [-0.25, -0.2) is 0 Å². The smallest absolute Gasteiger partial charge is 0.162 e. The van der Waals surface area contributed by atoms with E-state index in [9.17, 15) is 0 Å². The summed E-state index contributed by atoms with van der Waals surface area (Å²) in [5, 5.41) is 0. The van der Waals surface area contributed by atoms with E-state index in [2.05, 4.69) is 83.1 Å². The fourth-order valence-electron chi connectivity index (χ4n) is 4.00. The maximum absolute atomic E-state index is 6.50. The molecule has 31 heavy (non-hydrogen) atoms. The maximum atomic E-state index is 6.50. The van der Waals surface area contributed by atoms with Crippen LogP contribution in [0.25, 0.3) is 0 Å². The van der Waals surface area contributed by atoms with Gasteiger partial charge in [0.2, 0.25) is 0 Å². The van der Waals surface area contributed by atoms with Crippen LogP contribution >= 0.6 is 0 Å². The SMILES string of the molecule is CC(C)(C)CCCC(O[SiH2]CCC[SiH2]OC(CCCC(C)(C)C)C(C)(C)C)C(C)(C)C. The van der Waals surface area contributed by atoms with Crippen molar-refractivity contribution >= 4 is 19.5 Å². The fourth-order valence-corrected chi connectivity index (χ4v) is 8.06. The summed E-state index contributed by atoms with van der Waals surface area (Å²) in [5.41, 5.74) is 1.38. The highest BCUT2D eigenvalue weighted by molar-refractivity contribution is 6.29. The van der Waals surface area contributed by atoms with Gasteiger partial charge in [0.05, 0.1) is 0 Å². The van der Waals surface area contributed by atoms with Crippen LogP contribution in [-0.2, 0) is 8.85 Å². The minimum atomic E-state index is -0.415. The molecule has 0 rings (SSSR count). The largest absolute Gasteiger partial charge is 0.421 e. The van der Waals surface area contributed by atoms with Gasteiger partial charge in [-0.3, -0.25) is 0 Å². The van der Waals surface area contributed by atoms with Crippen LogP contribution in [0.4, 0.5) is 0 Å². The van der Waals surface area contributed by atoms with Crippen molar-refractivity contribution in [3.63, 3.8) is 0 Å². The zero-order valence-electron chi connectivity index (χ0n) is 23.7. The molecule has 0 heterocycles. The van der Waals surface area contributed by atoms with Gasteiger partial charge in [-0.2, -0.15) is 0 Å². The van der Waals surface area contributed by atoms with Crippen molar-refractivity contribution in [3.05, 3.63) is 0 Å². The minimum Gasteiger partial charge on any atom is -0.421 e. The molecule has 0 aromatic carbocycles. The van der Waals surface area contributed by atoms with E-state index in [4.69, 9.17) is 8.85 Å². The van der Waals surface area contributed by atoms with Crippen molar-refractivity contribution in [1.82, 2.24) is 0 Å². The molecule has 0 spiro atoms. The molecule has 0 aromatic heterocycles. The van der Waals surface area contributed by atoms with Crippen LogP contribution in [-0.4, -0.2) is 31.7 Å². The number of hydrogen-bond donors (Lipinski definition) is 0. The molecule has 0 aliphatic carbocycles. The molecule has 188 valence electrons. The van der Waals surface area contributed by atoms with Gasteiger partial charge in [-0.1, -0.05) is 102 Å². The highest BCUT2D eigenvalue weighted by Gasteiger charge is 2.26. The normalized spacial score (nSPS) is 16.6. The molecule has 0 N–H and O–H groups in total. The Morgan fingerprint density at radius 2 is 0.839 bits per heavy atom. The average Bonchev–Trinajstić information content (AvgIpc) is 2.53. The second-order valence-electron chi connectivity index (χ2n) is 14.4. The molecule has 0 fully saturated rings. The highest BCUT2D eigenvalue weighted by Crippen LogP contribution is 2.31. The average molecular weight is 473 g/mol. The van der Waals surface area contributed by atoms with Gasteiger partial charge in [0.15, 0.2) is 19.5 Å². The fraction of sp³-hybridized carbons (Fsp3) is 1.00. The van der Waals surface area contributed by atoms with Gasteiger partial charge in [0, 0.05) is 12.2 Å². The van der Waals surface area contributed by atoms with E-state index in [1.807, 2.05) is 0 Å². The van der Waals surface area contributed by atoms with Crippen LogP contribution in [0, 0.1) is 21.7 Å². The van der Waals surface area contributed by atoms with Gasteiger partial charge in [-0.15, -0.1) is 0 Å². The van der Waals surface area contributed by atoms with Gasteiger partial charge in [-0.05, 0) is 59.4 Å². The molecule has 4 heteroatoms. The molecule has 0 aromatic rings. The first-order chi connectivity index (χ1) is 13.9. The highest BCUT2D eigenvalue weighted by atomic mass is 28.2. The Labute approximate surface area is 202 Å². The van der Waals surface area contributed by atoms with E-state index in [0.29, 0.717) is 23.0 Å². The molecule has 2 atom stereocenters. The van der Waals surface area contributed by atoms with Crippen molar-refractivity contribution in [2.75, 3.05) is 0 Å². The molecule has 0 bridgehead atoms. The summed E-state index contributed by atoms with van der Waals surface area (Å²) in [6.07, 6.45) is 9.76. The third-order valence-corrected chi connectivity index (χ3v) is 9.00. The van der Waals surface area contributed by atoms with Crippen LogP contribution in [0.2, 0.25) is 12.1 Å². The lowest BCUT2D eigenvalue weighted by Crippen LogP contribution is -2.31. The molecule has 0 radical (unpaired) electrons. The third kappa shape index (κ3) is 18.5. The summed E-state index contributed by atoms with van der Waals surface area (Å²) in [4.78, 5) is 0. The maximum Gasteiger partial charge on any atom is 0.162 e. The second-order valence-corrected chi connectivity index (χ2v) is 17.3. The Balaban J connectivity index is 4.17. The first kappa shape index (κ1) is 31.4. The molecule has 0 saturated heterocycles. The zero-order chi connectivity index (χ0) is 24.3. The first-order valence-electron chi connectivity index (χ1n) is 13.1. The summed E-state index contributed by atoms with van der Waals surface area (Å²) in [7, 11) is -0.831. The molecular weight excluding hydrogens is 412 g/mol. The summed E-state index contributed by atoms with van der Waals surface area (Å²) in [5.74, 6) is 0. The zero-order valence-corrected chi connectivity index (χ0v) is 26.6. The molecule has 0 amide bonds.